The molecule has 17 heavy (non-hydrogen) atoms. The second kappa shape index (κ2) is 7.45. The number of likely N-dealkylation sites (N-methyl/N-ethyl adjacent to an activating group) is 1. The molecular weight excluding hydrogens is 282 g/mol. The van der Waals surface area contributed by atoms with Crippen molar-refractivity contribution in [3.63, 3.8) is 0 Å². The van der Waals surface area contributed by atoms with E-state index in [-0.39, 0.29) is 0 Å². The van der Waals surface area contributed by atoms with Crippen LogP contribution in [0.15, 0.2) is 10.7 Å². The third kappa shape index (κ3) is 4.47. The third-order valence-electron chi connectivity index (χ3n) is 2.58. The molecule has 0 aliphatic heterocycles. The smallest absolute Gasteiger partial charge is 0.224 e. The van der Waals surface area contributed by atoms with Gasteiger partial charge in [-0.15, -0.1) is 0 Å². The van der Waals surface area contributed by atoms with Crippen LogP contribution in [0.2, 0.25) is 0 Å². The molecule has 1 heterocycles. The average Bonchev–Trinajstić information content (AvgIpc) is 2.36. The van der Waals surface area contributed by atoms with Crippen molar-refractivity contribution in [2.75, 3.05) is 43.9 Å². The van der Waals surface area contributed by atoms with E-state index < -0.39 is 0 Å². The van der Waals surface area contributed by atoms with Gasteiger partial charge in [-0.3, -0.25) is 0 Å². The van der Waals surface area contributed by atoms with Gasteiger partial charge in [0.2, 0.25) is 5.95 Å². The largest absolute Gasteiger partial charge is 0.368 e. The number of nitrogens with zero attached hydrogens (tertiary/aromatic N) is 3. The molecule has 0 atom stereocenters. The predicted octanol–water partition coefficient (Wildman–Crippen LogP) is 2.03. The summed E-state index contributed by atoms with van der Waals surface area (Å²) in [6.07, 6.45) is 1.75. The van der Waals surface area contributed by atoms with E-state index in [2.05, 4.69) is 55.3 Å². The summed E-state index contributed by atoms with van der Waals surface area (Å²) in [7, 11) is 1.81. The van der Waals surface area contributed by atoms with Crippen LogP contribution in [-0.2, 0) is 0 Å². The van der Waals surface area contributed by atoms with Gasteiger partial charge in [-0.25, -0.2) is 4.98 Å². The van der Waals surface area contributed by atoms with E-state index in [1.54, 1.807) is 6.20 Å². The predicted molar refractivity (Wildman–Crippen MR) is 75.6 cm³/mol. The lowest BCUT2D eigenvalue weighted by Gasteiger charge is -2.18. The summed E-state index contributed by atoms with van der Waals surface area (Å²) in [4.78, 5) is 10.8. The molecule has 96 valence electrons. The van der Waals surface area contributed by atoms with Gasteiger partial charge in [-0.2, -0.15) is 4.98 Å². The van der Waals surface area contributed by atoms with Crippen molar-refractivity contribution in [2.24, 2.45) is 0 Å². The molecule has 1 rings (SSSR count). The lowest BCUT2D eigenvalue weighted by Crippen LogP contribution is -2.28. The average molecular weight is 302 g/mol. The highest BCUT2D eigenvalue weighted by molar-refractivity contribution is 9.10. The van der Waals surface area contributed by atoms with Gasteiger partial charge in [-0.05, 0) is 29.0 Å². The van der Waals surface area contributed by atoms with Crippen molar-refractivity contribution in [2.45, 2.75) is 13.8 Å². The van der Waals surface area contributed by atoms with Gasteiger partial charge in [-0.1, -0.05) is 13.8 Å². The second-order valence-corrected chi connectivity index (χ2v) is 4.45. The quantitative estimate of drug-likeness (QED) is 0.807. The van der Waals surface area contributed by atoms with Crippen molar-refractivity contribution >= 4 is 27.7 Å². The molecule has 0 saturated heterocycles. The number of hydrogen-bond donors (Lipinski definition) is 2. The molecular formula is C11H20BrN5. The SMILES string of the molecule is CCN(CC)CCNc1nc(NC)ncc1Br. The summed E-state index contributed by atoms with van der Waals surface area (Å²) < 4.78 is 0.885. The van der Waals surface area contributed by atoms with Gasteiger partial charge >= 0.3 is 0 Å². The number of halogens is 1. The molecule has 0 spiro atoms. The zero-order chi connectivity index (χ0) is 12.7. The van der Waals surface area contributed by atoms with Gasteiger partial charge in [0.1, 0.15) is 5.82 Å². The van der Waals surface area contributed by atoms with E-state index in [4.69, 9.17) is 0 Å². The molecule has 0 saturated carbocycles. The van der Waals surface area contributed by atoms with Crippen LogP contribution < -0.4 is 10.6 Å². The van der Waals surface area contributed by atoms with Gasteiger partial charge in [0.15, 0.2) is 0 Å². The van der Waals surface area contributed by atoms with Crippen molar-refractivity contribution < 1.29 is 0 Å². The Bertz CT molecular complexity index is 341. The van der Waals surface area contributed by atoms with Crippen molar-refractivity contribution in [1.82, 2.24) is 14.9 Å². The van der Waals surface area contributed by atoms with E-state index in [0.29, 0.717) is 5.95 Å². The Balaban J connectivity index is 2.50. The number of anilines is 2. The summed E-state index contributed by atoms with van der Waals surface area (Å²) in [5.41, 5.74) is 0. The summed E-state index contributed by atoms with van der Waals surface area (Å²) in [6, 6.07) is 0. The molecule has 0 aliphatic rings. The van der Waals surface area contributed by atoms with E-state index in [1.807, 2.05) is 7.05 Å². The molecule has 1 aromatic rings. The van der Waals surface area contributed by atoms with Crippen LogP contribution in [0.5, 0.6) is 0 Å². The van der Waals surface area contributed by atoms with Crippen molar-refractivity contribution in [3.05, 3.63) is 10.7 Å². The summed E-state index contributed by atoms with van der Waals surface area (Å²) in [5.74, 6) is 1.45. The van der Waals surface area contributed by atoms with Crippen LogP contribution in [-0.4, -0.2) is 48.1 Å². The summed E-state index contributed by atoms with van der Waals surface area (Å²) in [6.45, 7) is 8.38. The lowest BCUT2D eigenvalue weighted by atomic mass is 10.4. The first-order valence-corrected chi connectivity index (χ1v) is 6.67. The first-order valence-electron chi connectivity index (χ1n) is 5.87. The Hall–Kier alpha value is -0.880. The van der Waals surface area contributed by atoms with Gasteiger partial charge < -0.3 is 15.5 Å². The maximum Gasteiger partial charge on any atom is 0.224 e. The van der Waals surface area contributed by atoms with E-state index in [0.717, 1.165) is 36.5 Å². The molecule has 0 unspecified atom stereocenters. The van der Waals surface area contributed by atoms with Gasteiger partial charge in [0, 0.05) is 26.3 Å². The van der Waals surface area contributed by atoms with Crippen molar-refractivity contribution in [3.8, 4) is 0 Å². The summed E-state index contributed by atoms with van der Waals surface area (Å²) >= 11 is 3.43. The Morgan fingerprint density at radius 3 is 2.65 bits per heavy atom. The Labute approximate surface area is 111 Å². The normalized spacial score (nSPS) is 10.6. The van der Waals surface area contributed by atoms with Crippen LogP contribution in [0.4, 0.5) is 11.8 Å². The molecule has 0 amide bonds. The highest BCUT2D eigenvalue weighted by Gasteiger charge is 2.04. The lowest BCUT2D eigenvalue weighted by molar-refractivity contribution is 0.316. The number of aromatic nitrogens is 2. The highest BCUT2D eigenvalue weighted by atomic mass is 79.9. The van der Waals surface area contributed by atoms with Crippen LogP contribution in [0.25, 0.3) is 0 Å². The fourth-order valence-electron chi connectivity index (χ4n) is 1.48. The van der Waals surface area contributed by atoms with Gasteiger partial charge in [0.25, 0.3) is 0 Å². The monoisotopic (exact) mass is 301 g/mol. The topological polar surface area (TPSA) is 53.1 Å². The zero-order valence-corrected chi connectivity index (χ0v) is 12.2. The van der Waals surface area contributed by atoms with Crippen LogP contribution >= 0.6 is 15.9 Å². The zero-order valence-electron chi connectivity index (χ0n) is 10.6. The Kier molecular flexibility index (Phi) is 6.21. The first kappa shape index (κ1) is 14.2. The third-order valence-corrected chi connectivity index (χ3v) is 3.16. The second-order valence-electron chi connectivity index (χ2n) is 3.59. The minimum absolute atomic E-state index is 0.624. The van der Waals surface area contributed by atoms with E-state index in [9.17, 15) is 0 Å². The fourth-order valence-corrected chi connectivity index (χ4v) is 1.82. The highest BCUT2D eigenvalue weighted by Crippen LogP contribution is 2.19. The molecule has 5 nitrogen and oxygen atoms in total. The van der Waals surface area contributed by atoms with E-state index >= 15 is 0 Å². The Morgan fingerprint density at radius 2 is 2.06 bits per heavy atom. The minimum atomic E-state index is 0.624. The number of nitrogens with one attached hydrogen (secondary N) is 2. The molecule has 0 radical (unpaired) electrons. The fraction of sp³-hybridized carbons (Fsp3) is 0.636. The maximum absolute atomic E-state index is 4.34. The minimum Gasteiger partial charge on any atom is -0.368 e. The van der Waals surface area contributed by atoms with Crippen molar-refractivity contribution in [1.29, 1.82) is 0 Å². The molecule has 6 heteroatoms. The maximum atomic E-state index is 4.34. The van der Waals surface area contributed by atoms with Crippen LogP contribution in [0.1, 0.15) is 13.8 Å². The molecule has 0 bridgehead atoms. The Morgan fingerprint density at radius 1 is 1.35 bits per heavy atom. The van der Waals surface area contributed by atoms with E-state index in [1.165, 1.54) is 0 Å². The first-order chi connectivity index (χ1) is 8.21. The molecule has 0 aliphatic carbocycles. The number of rotatable bonds is 7. The van der Waals surface area contributed by atoms with Crippen LogP contribution in [0.3, 0.4) is 0 Å². The molecule has 1 aromatic heterocycles. The molecule has 2 N–H and O–H groups in total. The summed E-state index contributed by atoms with van der Waals surface area (Å²) in [5, 5.41) is 6.23. The van der Waals surface area contributed by atoms with Crippen LogP contribution in [0, 0.1) is 0 Å². The number of hydrogen-bond acceptors (Lipinski definition) is 5. The standard InChI is InChI=1S/C11H20BrN5/c1-4-17(5-2)7-6-14-10-9(12)8-15-11(13-3)16-10/h8H,4-7H2,1-3H3,(H2,13,14,15,16). The molecule has 0 fully saturated rings. The molecule has 0 aromatic carbocycles. The van der Waals surface area contributed by atoms with Gasteiger partial charge in [0.05, 0.1) is 4.47 Å².